The molecule has 0 unspecified atom stereocenters. The van der Waals surface area contributed by atoms with E-state index in [-0.39, 0.29) is 0 Å². The summed E-state index contributed by atoms with van der Waals surface area (Å²) in [5, 5.41) is 0. The maximum Gasteiger partial charge on any atom is 0.119 e. The molecule has 0 bridgehead atoms. The van der Waals surface area contributed by atoms with Crippen LogP contribution in [-0.2, 0) is 56.8 Å². The Morgan fingerprint density at radius 3 is 0.739 bits per heavy atom. The van der Waals surface area contributed by atoms with Crippen LogP contribution in [0.5, 0.6) is 5.75 Å². The van der Waals surface area contributed by atoms with Crippen molar-refractivity contribution in [1.82, 2.24) is 0 Å². The number of hydrogen-bond donors (Lipinski definition) is 0. The second-order valence-corrected chi connectivity index (χ2v) is 10.3. The fourth-order valence-corrected chi connectivity index (χ4v) is 3.62. The first-order chi connectivity index (χ1) is 22.9. The lowest BCUT2D eigenvalue weighted by Gasteiger charge is -2.09. The van der Waals surface area contributed by atoms with Crippen LogP contribution in [0.3, 0.4) is 0 Å². The van der Waals surface area contributed by atoms with Gasteiger partial charge in [0, 0.05) is 4.43 Å². The van der Waals surface area contributed by atoms with Crippen molar-refractivity contribution < 1.29 is 61.6 Å². The van der Waals surface area contributed by atoms with Gasteiger partial charge in [0.15, 0.2) is 0 Å². The number of rotatable bonds is 39. The molecule has 0 atom stereocenters. The SMILES string of the molecule is ICCOCCOCCOCCOCCOCCOCCOCCOCCOCCOCCOCCOCCOc1ccccc1. The van der Waals surface area contributed by atoms with Gasteiger partial charge in [-0.05, 0) is 12.1 Å². The average Bonchev–Trinajstić information content (AvgIpc) is 3.08. The zero-order valence-corrected chi connectivity index (χ0v) is 29.6. The first kappa shape index (κ1) is 43.3. The van der Waals surface area contributed by atoms with Crippen LogP contribution in [0.1, 0.15) is 0 Å². The fraction of sp³-hybridized carbons (Fsp3) is 0.812. The Balaban J connectivity index is 1.61. The second kappa shape index (κ2) is 38.7. The van der Waals surface area contributed by atoms with Gasteiger partial charge < -0.3 is 61.6 Å². The quantitative estimate of drug-likeness (QED) is 0.0555. The summed E-state index contributed by atoms with van der Waals surface area (Å²) in [4.78, 5) is 0. The first-order valence-corrected chi connectivity index (χ1v) is 17.6. The highest BCUT2D eigenvalue weighted by atomic mass is 127. The van der Waals surface area contributed by atoms with E-state index in [1.165, 1.54) is 0 Å². The Morgan fingerprint density at radius 2 is 0.500 bits per heavy atom. The first-order valence-electron chi connectivity index (χ1n) is 16.1. The van der Waals surface area contributed by atoms with Crippen molar-refractivity contribution in [1.29, 1.82) is 0 Å². The van der Waals surface area contributed by atoms with E-state index in [1.54, 1.807) is 0 Å². The minimum atomic E-state index is 0.511. The monoisotopic (exact) mass is 776 g/mol. The molecule has 14 heteroatoms. The lowest BCUT2D eigenvalue weighted by Crippen LogP contribution is -2.15. The van der Waals surface area contributed by atoms with Gasteiger partial charge in [0.05, 0.1) is 159 Å². The molecule has 0 saturated carbocycles. The summed E-state index contributed by atoms with van der Waals surface area (Å²) < 4.78 is 72.0. The van der Waals surface area contributed by atoms with Crippen molar-refractivity contribution in [3.8, 4) is 5.75 Å². The lowest BCUT2D eigenvalue weighted by atomic mass is 10.3. The molecular weight excluding hydrogens is 719 g/mol. The highest BCUT2D eigenvalue weighted by Crippen LogP contribution is 2.07. The highest BCUT2D eigenvalue weighted by molar-refractivity contribution is 14.1. The molecule has 0 fully saturated rings. The molecule has 270 valence electrons. The van der Waals surface area contributed by atoms with Gasteiger partial charge in [-0.25, -0.2) is 0 Å². The van der Waals surface area contributed by atoms with E-state index in [4.69, 9.17) is 61.6 Å². The van der Waals surface area contributed by atoms with Gasteiger partial charge in [-0.2, -0.15) is 0 Å². The fourth-order valence-electron chi connectivity index (χ4n) is 3.31. The highest BCUT2D eigenvalue weighted by Gasteiger charge is 1.97. The van der Waals surface area contributed by atoms with Gasteiger partial charge in [0.2, 0.25) is 0 Å². The Bertz CT molecular complexity index is 693. The van der Waals surface area contributed by atoms with Gasteiger partial charge in [-0.3, -0.25) is 0 Å². The van der Waals surface area contributed by atoms with Gasteiger partial charge in [0.1, 0.15) is 12.4 Å². The number of halogens is 1. The topological polar surface area (TPSA) is 120 Å². The van der Waals surface area contributed by atoms with Crippen LogP contribution < -0.4 is 4.74 Å². The zero-order chi connectivity index (χ0) is 32.7. The third-order valence-corrected chi connectivity index (χ3v) is 5.99. The largest absolute Gasteiger partial charge is 0.491 e. The minimum Gasteiger partial charge on any atom is -0.491 e. The van der Waals surface area contributed by atoms with Crippen molar-refractivity contribution in [2.24, 2.45) is 0 Å². The number of benzene rings is 1. The predicted octanol–water partition coefficient (Wildman–Crippen LogP) is 2.70. The smallest absolute Gasteiger partial charge is 0.119 e. The summed E-state index contributed by atoms with van der Waals surface area (Å²) in [7, 11) is 0. The molecule has 1 aromatic rings. The molecule has 0 saturated heterocycles. The third-order valence-electron chi connectivity index (χ3n) is 5.55. The molecule has 0 amide bonds. The minimum absolute atomic E-state index is 0.511. The molecule has 1 aromatic carbocycles. The van der Waals surface area contributed by atoms with Crippen LogP contribution in [0, 0.1) is 0 Å². The van der Waals surface area contributed by atoms with Crippen molar-refractivity contribution in [2.75, 3.05) is 170 Å². The van der Waals surface area contributed by atoms with Crippen LogP contribution in [0.15, 0.2) is 30.3 Å². The van der Waals surface area contributed by atoms with Crippen molar-refractivity contribution in [2.45, 2.75) is 0 Å². The molecule has 1 rings (SSSR count). The summed E-state index contributed by atoms with van der Waals surface area (Å²) >= 11 is 2.28. The van der Waals surface area contributed by atoms with E-state index in [1.807, 2.05) is 30.3 Å². The third kappa shape index (κ3) is 34.6. The molecule has 0 heterocycles. The summed E-state index contributed by atoms with van der Waals surface area (Å²) in [6.45, 7) is 13.5. The van der Waals surface area contributed by atoms with E-state index in [9.17, 15) is 0 Å². The number of hydrogen-bond acceptors (Lipinski definition) is 13. The van der Waals surface area contributed by atoms with Crippen molar-refractivity contribution in [3.63, 3.8) is 0 Å². The molecule has 0 aliphatic carbocycles. The maximum absolute atomic E-state index is 5.55. The van der Waals surface area contributed by atoms with Crippen molar-refractivity contribution >= 4 is 22.6 Å². The molecule has 0 aliphatic heterocycles. The van der Waals surface area contributed by atoms with E-state index < -0.39 is 0 Å². The standard InChI is InChI=1S/C32H57IO13/c33-6-7-34-8-9-35-10-11-36-12-13-37-14-15-38-16-17-39-18-19-40-20-21-41-22-23-42-24-25-43-26-27-44-28-29-45-30-31-46-32-4-2-1-3-5-32/h1-5H,6-31H2. The van der Waals surface area contributed by atoms with Crippen LogP contribution in [0.25, 0.3) is 0 Å². The molecule has 0 aromatic heterocycles. The molecule has 46 heavy (non-hydrogen) atoms. The number of alkyl halides is 1. The summed E-state index contributed by atoms with van der Waals surface area (Å²) in [6.07, 6.45) is 0. The Morgan fingerprint density at radius 1 is 0.283 bits per heavy atom. The molecule has 0 radical (unpaired) electrons. The van der Waals surface area contributed by atoms with Gasteiger partial charge in [0.25, 0.3) is 0 Å². The number of para-hydroxylation sites is 1. The van der Waals surface area contributed by atoms with Gasteiger partial charge in [-0.1, -0.05) is 40.8 Å². The molecule has 13 nitrogen and oxygen atoms in total. The van der Waals surface area contributed by atoms with E-state index in [2.05, 4.69) is 22.6 Å². The van der Waals surface area contributed by atoms with Gasteiger partial charge in [-0.15, -0.1) is 0 Å². The second-order valence-electron chi connectivity index (χ2n) is 9.20. The maximum atomic E-state index is 5.55. The van der Waals surface area contributed by atoms with Crippen LogP contribution >= 0.6 is 22.6 Å². The van der Waals surface area contributed by atoms with Crippen LogP contribution in [-0.4, -0.2) is 170 Å². The molecule has 0 spiro atoms. The normalized spacial score (nSPS) is 11.4. The molecular formula is C32H57IO13. The lowest BCUT2D eigenvalue weighted by molar-refractivity contribution is -0.0284. The summed E-state index contributed by atoms with van der Waals surface area (Å²) in [5.74, 6) is 0.844. The summed E-state index contributed by atoms with van der Waals surface area (Å²) in [6, 6.07) is 9.67. The Hall–Kier alpha value is -0.730. The average molecular weight is 777 g/mol. The van der Waals surface area contributed by atoms with Crippen LogP contribution in [0.4, 0.5) is 0 Å². The zero-order valence-electron chi connectivity index (χ0n) is 27.5. The van der Waals surface area contributed by atoms with Crippen LogP contribution in [0.2, 0.25) is 0 Å². The number of ether oxygens (including phenoxy) is 13. The Labute approximate surface area is 289 Å². The van der Waals surface area contributed by atoms with Crippen molar-refractivity contribution in [3.05, 3.63) is 30.3 Å². The predicted molar refractivity (Wildman–Crippen MR) is 181 cm³/mol. The van der Waals surface area contributed by atoms with Gasteiger partial charge >= 0.3 is 0 Å². The Kier molecular flexibility index (Phi) is 36.4. The van der Waals surface area contributed by atoms with E-state index >= 15 is 0 Å². The molecule has 0 N–H and O–H groups in total. The van der Waals surface area contributed by atoms with E-state index in [0.717, 1.165) is 16.8 Å². The molecule has 0 aliphatic rings. The van der Waals surface area contributed by atoms with E-state index in [0.29, 0.717) is 159 Å². The summed E-state index contributed by atoms with van der Waals surface area (Å²) in [5.41, 5.74) is 0.